The van der Waals surface area contributed by atoms with Crippen LogP contribution in [-0.4, -0.2) is 16.2 Å². The van der Waals surface area contributed by atoms with E-state index >= 15 is 0 Å². The zero-order chi connectivity index (χ0) is 9.80. The van der Waals surface area contributed by atoms with Gasteiger partial charge in [-0.05, 0) is 31.7 Å². The Hall–Kier alpha value is -0.130. The Balaban J connectivity index is 1.76. The fraction of sp³-hybridized carbons (Fsp3) is 0.778. The predicted octanol–water partition coefficient (Wildman–Crippen LogP) is 2.78. The van der Waals surface area contributed by atoms with Gasteiger partial charge in [-0.15, -0.1) is 10.2 Å². The fourth-order valence-electron chi connectivity index (χ4n) is 1.67. The van der Waals surface area contributed by atoms with Crippen LogP contribution in [0.2, 0.25) is 0 Å². The summed E-state index contributed by atoms with van der Waals surface area (Å²) >= 11 is 3.30. The minimum absolute atomic E-state index is 0.679. The summed E-state index contributed by atoms with van der Waals surface area (Å²) in [5, 5.41) is 9.10. The van der Waals surface area contributed by atoms with Crippen LogP contribution in [0.25, 0.3) is 0 Å². The Morgan fingerprint density at radius 1 is 1.29 bits per heavy atom. The van der Waals surface area contributed by atoms with E-state index in [1.165, 1.54) is 32.1 Å². The lowest BCUT2D eigenvalue weighted by Crippen LogP contribution is -2.25. The second kappa shape index (κ2) is 5.09. The Morgan fingerprint density at radius 2 is 2.07 bits per heavy atom. The highest BCUT2D eigenvalue weighted by atomic mass is 32.2. The van der Waals surface area contributed by atoms with E-state index in [2.05, 4.69) is 14.9 Å². The number of rotatable bonds is 3. The molecule has 0 saturated heterocycles. The number of aromatic nitrogens is 2. The van der Waals surface area contributed by atoms with Crippen molar-refractivity contribution in [3.05, 3.63) is 5.01 Å². The summed E-state index contributed by atoms with van der Waals surface area (Å²) in [5.74, 6) is 0. The number of aryl methyl sites for hydroxylation is 1. The van der Waals surface area contributed by atoms with E-state index in [-0.39, 0.29) is 0 Å². The smallest absolute Gasteiger partial charge is 0.189 e. The molecule has 1 heterocycles. The first-order chi connectivity index (χ1) is 6.84. The van der Waals surface area contributed by atoms with Crippen LogP contribution in [0.3, 0.4) is 0 Å². The molecule has 3 nitrogen and oxygen atoms in total. The Labute approximate surface area is 92.8 Å². The molecule has 1 aliphatic rings. The van der Waals surface area contributed by atoms with Gasteiger partial charge in [0.2, 0.25) is 0 Å². The summed E-state index contributed by atoms with van der Waals surface area (Å²) in [6.45, 7) is 1.99. The molecule has 0 spiro atoms. The molecule has 1 saturated carbocycles. The molecular formula is C9H15N3S2. The molecule has 0 unspecified atom stereocenters. The Bertz CT molecular complexity index is 281. The minimum Gasteiger partial charge on any atom is -0.255 e. The molecule has 0 radical (unpaired) electrons. The first kappa shape index (κ1) is 10.4. The second-order valence-electron chi connectivity index (χ2n) is 3.64. The first-order valence-electron chi connectivity index (χ1n) is 5.07. The third kappa shape index (κ3) is 2.93. The summed E-state index contributed by atoms with van der Waals surface area (Å²) in [7, 11) is 0. The summed E-state index contributed by atoms with van der Waals surface area (Å²) in [6, 6.07) is 0.679. The largest absolute Gasteiger partial charge is 0.255 e. The monoisotopic (exact) mass is 229 g/mol. The van der Waals surface area contributed by atoms with Crippen molar-refractivity contribution >= 4 is 23.3 Å². The van der Waals surface area contributed by atoms with E-state index in [0.29, 0.717) is 6.04 Å². The number of hydrogen-bond acceptors (Lipinski definition) is 5. The lowest BCUT2D eigenvalue weighted by Gasteiger charge is -2.21. The molecule has 1 aromatic rings. The lowest BCUT2D eigenvalue weighted by molar-refractivity contribution is 0.423. The average molecular weight is 229 g/mol. The van der Waals surface area contributed by atoms with Gasteiger partial charge in [0.15, 0.2) is 4.34 Å². The van der Waals surface area contributed by atoms with Crippen molar-refractivity contribution in [2.75, 3.05) is 0 Å². The van der Waals surface area contributed by atoms with E-state index in [9.17, 15) is 0 Å². The molecule has 0 bridgehead atoms. The number of nitrogens with one attached hydrogen (secondary N) is 1. The maximum Gasteiger partial charge on any atom is 0.189 e. The normalized spacial score (nSPS) is 18.6. The highest BCUT2D eigenvalue weighted by molar-refractivity contribution is 7.99. The van der Waals surface area contributed by atoms with E-state index in [0.717, 1.165) is 9.35 Å². The Morgan fingerprint density at radius 3 is 2.71 bits per heavy atom. The highest BCUT2D eigenvalue weighted by Crippen LogP contribution is 2.24. The molecule has 1 aliphatic carbocycles. The molecule has 78 valence electrons. The average Bonchev–Trinajstić information content (AvgIpc) is 2.63. The fourth-order valence-corrected chi connectivity index (χ4v) is 3.35. The van der Waals surface area contributed by atoms with Crippen LogP contribution in [-0.2, 0) is 0 Å². The molecule has 0 amide bonds. The number of nitrogens with zero attached hydrogens (tertiary/aromatic N) is 2. The van der Waals surface area contributed by atoms with Crippen molar-refractivity contribution in [2.45, 2.75) is 49.4 Å². The molecule has 1 aromatic heterocycles. The van der Waals surface area contributed by atoms with Crippen LogP contribution in [0, 0.1) is 6.92 Å². The molecule has 0 aliphatic heterocycles. The van der Waals surface area contributed by atoms with Gasteiger partial charge in [-0.1, -0.05) is 30.6 Å². The highest BCUT2D eigenvalue weighted by Gasteiger charge is 2.13. The van der Waals surface area contributed by atoms with Gasteiger partial charge < -0.3 is 0 Å². The second-order valence-corrected chi connectivity index (χ2v) is 5.91. The zero-order valence-corrected chi connectivity index (χ0v) is 9.96. The van der Waals surface area contributed by atoms with Gasteiger partial charge in [0.1, 0.15) is 5.01 Å². The molecule has 2 rings (SSSR count). The van der Waals surface area contributed by atoms with Gasteiger partial charge in [-0.25, -0.2) is 0 Å². The minimum atomic E-state index is 0.679. The van der Waals surface area contributed by atoms with Crippen LogP contribution in [0.5, 0.6) is 0 Å². The maximum atomic E-state index is 4.07. The SMILES string of the molecule is Cc1nnc(SNC2CCCCC2)s1. The Kier molecular flexibility index (Phi) is 3.78. The van der Waals surface area contributed by atoms with E-state index in [1.807, 2.05) is 6.92 Å². The van der Waals surface area contributed by atoms with Crippen LogP contribution in [0.1, 0.15) is 37.1 Å². The van der Waals surface area contributed by atoms with Gasteiger partial charge in [0, 0.05) is 6.04 Å². The molecule has 1 N–H and O–H groups in total. The molecule has 14 heavy (non-hydrogen) atoms. The standard InChI is InChI=1S/C9H15N3S2/c1-7-10-11-9(13-7)14-12-8-5-3-2-4-6-8/h8,12H,2-6H2,1H3. The molecule has 0 atom stereocenters. The quantitative estimate of drug-likeness (QED) is 0.809. The van der Waals surface area contributed by atoms with E-state index in [1.54, 1.807) is 23.3 Å². The van der Waals surface area contributed by atoms with Gasteiger partial charge in [0.05, 0.1) is 0 Å². The third-order valence-corrected chi connectivity index (χ3v) is 4.27. The van der Waals surface area contributed by atoms with Gasteiger partial charge >= 0.3 is 0 Å². The van der Waals surface area contributed by atoms with Crippen LogP contribution in [0.4, 0.5) is 0 Å². The lowest BCUT2D eigenvalue weighted by atomic mass is 9.96. The topological polar surface area (TPSA) is 37.8 Å². The predicted molar refractivity (Wildman–Crippen MR) is 60.5 cm³/mol. The summed E-state index contributed by atoms with van der Waals surface area (Å²) < 4.78 is 4.51. The van der Waals surface area contributed by atoms with Gasteiger partial charge in [-0.3, -0.25) is 4.72 Å². The zero-order valence-electron chi connectivity index (χ0n) is 8.32. The first-order valence-corrected chi connectivity index (χ1v) is 6.70. The molecule has 1 fully saturated rings. The van der Waals surface area contributed by atoms with Gasteiger partial charge in [0.25, 0.3) is 0 Å². The van der Waals surface area contributed by atoms with Crippen molar-refractivity contribution in [3.63, 3.8) is 0 Å². The molecule has 0 aromatic carbocycles. The molecular weight excluding hydrogens is 214 g/mol. The maximum absolute atomic E-state index is 4.07. The van der Waals surface area contributed by atoms with Crippen LogP contribution < -0.4 is 4.72 Å². The van der Waals surface area contributed by atoms with Crippen LogP contribution >= 0.6 is 23.3 Å². The van der Waals surface area contributed by atoms with Crippen molar-refractivity contribution in [3.8, 4) is 0 Å². The number of hydrogen-bond donors (Lipinski definition) is 1. The van der Waals surface area contributed by atoms with Crippen LogP contribution in [0.15, 0.2) is 4.34 Å². The van der Waals surface area contributed by atoms with Gasteiger partial charge in [-0.2, -0.15) is 0 Å². The summed E-state index contributed by atoms with van der Waals surface area (Å²) in [6.07, 6.45) is 6.76. The van der Waals surface area contributed by atoms with Crippen molar-refractivity contribution < 1.29 is 0 Å². The third-order valence-electron chi connectivity index (χ3n) is 2.43. The molecule has 5 heteroatoms. The van der Waals surface area contributed by atoms with Crippen molar-refractivity contribution in [1.29, 1.82) is 0 Å². The summed E-state index contributed by atoms with van der Waals surface area (Å²) in [4.78, 5) is 0. The van der Waals surface area contributed by atoms with Crippen molar-refractivity contribution in [1.82, 2.24) is 14.9 Å². The van der Waals surface area contributed by atoms with Crippen molar-refractivity contribution in [2.24, 2.45) is 0 Å². The van der Waals surface area contributed by atoms with E-state index < -0.39 is 0 Å². The van der Waals surface area contributed by atoms with E-state index in [4.69, 9.17) is 0 Å². The summed E-state index contributed by atoms with van der Waals surface area (Å²) in [5.41, 5.74) is 0.